The Hall–Kier alpha value is -2.81. The number of halogens is 1. The van der Waals surface area contributed by atoms with Gasteiger partial charge in [-0.25, -0.2) is 9.37 Å². The summed E-state index contributed by atoms with van der Waals surface area (Å²) in [5.41, 5.74) is 1.78. The summed E-state index contributed by atoms with van der Waals surface area (Å²) in [6, 6.07) is 2.11. The van der Waals surface area contributed by atoms with Crippen LogP contribution in [0.5, 0.6) is 0 Å². The van der Waals surface area contributed by atoms with Crippen molar-refractivity contribution in [1.29, 1.82) is 5.26 Å². The first-order chi connectivity index (χ1) is 10.7. The van der Waals surface area contributed by atoms with Gasteiger partial charge in [-0.15, -0.1) is 0 Å². The Bertz CT molecular complexity index is 923. The normalized spacial score (nSPS) is 14.2. The van der Waals surface area contributed by atoms with Gasteiger partial charge in [0.1, 0.15) is 11.6 Å². The minimum atomic E-state index is -0.536. The van der Waals surface area contributed by atoms with Crippen molar-refractivity contribution in [2.75, 3.05) is 0 Å². The second-order valence-corrected chi connectivity index (χ2v) is 5.40. The minimum Gasteiger partial charge on any atom is -0.437 e. The molecular weight excluding hydrogens is 283 g/mol. The Labute approximate surface area is 125 Å². The zero-order valence-corrected chi connectivity index (χ0v) is 11.8. The van der Waals surface area contributed by atoms with Gasteiger partial charge in [-0.3, -0.25) is 9.97 Å². The fourth-order valence-electron chi connectivity index (χ4n) is 2.61. The van der Waals surface area contributed by atoms with Gasteiger partial charge in [0.05, 0.1) is 17.5 Å². The molecule has 6 heteroatoms. The van der Waals surface area contributed by atoms with Crippen LogP contribution in [-0.2, 0) is 0 Å². The van der Waals surface area contributed by atoms with Gasteiger partial charge in [0.15, 0.2) is 17.3 Å². The molecule has 0 N–H and O–H groups in total. The van der Waals surface area contributed by atoms with Crippen LogP contribution < -0.4 is 0 Å². The summed E-state index contributed by atoms with van der Waals surface area (Å²) in [6.45, 7) is 1.69. The van der Waals surface area contributed by atoms with Crippen molar-refractivity contribution < 1.29 is 8.81 Å². The molecule has 2 aromatic heterocycles. The van der Waals surface area contributed by atoms with Gasteiger partial charge in [-0.05, 0) is 25.3 Å². The molecule has 1 aliphatic rings. The van der Waals surface area contributed by atoms with Crippen molar-refractivity contribution in [3.8, 4) is 17.3 Å². The molecule has 0 radical (unpaired) electrons. The first-order valence-corrected chi connectivity index (χ1v) is 6.99. The lowest BCUT2D eigenvalue weighted by molar-refractivity contribution is 0.509. The third-order valence-corrected chi connectivity index (χ3v) is 3.91. The van der Waals surface area contributed by atoms with Crippen molar-refractivity contribution in [1.82, 2.24) is 15.0 Å². The number of nitrogens with zero attached hydrogens (tertiary/aromatic N) is 4. The van der Waals surface area contributed by atoms with E-state index in [9.17, 15) is 9.65 Å². The number of aromatic nitrogens is 3. The van der Waals surface area contributed by atoms with Gasteiger partial charge in [-0.1, -0.05) is 0 Å². The zero-order chi connectivity index (χ0) is 15.3. The van der Waals surface area contributed by atoms with Gasteiger partial charge >= 0.3 is 0 Å². The number of hydrogen-bond donors (Lipinski definition) is 0. The van der Waals surface area contributed by atoms with E-state index in [-0.39, 0.29) is 17.1 Å². The largest absolute Gasteiger partial charge is 0.437 e. The highest BCUT2D eigenvalue weighted by molar-refractivity contribution is 5.88. The Morgan fingerprint density at radius 3 is 2.82 bits per heavy atom. The molecule has 0 unspecified atom stereocenters. The van der Waals surface area contributed by atoms with Crippen LogP contribution >= 0.6 is 0 Å². The van der Waals surface area contributed by atoms with Gasteiger partial charge in [0.2, 0.25) is 0 Å². The highest BCUT2D eigenvalue weighted by Gasteiger charge is 2.31. The molecule has 4 rings (SSSR count). The van der Waals surface area contributed by atoms with Crippen LogP contribution in [0.2, 0.25) is 0 Å². The first kappa shape index (κ1) is 12.9. The molecule has 2 heterocycles. The number of oxazole rings is 1. The van der Waals surface area contributed by atoms with E-state index in [2.05, 4.69) is 21.0 Å². The summed E-state index contributed by atoms with van der Waals surface area (Å²) in [4.78, 5) is 12.4. The zero-order valence-electron chi connectivity index (χ0n) is 11.8. The summed E-state index contributed by atoms with van der Waals surface area (Å²) in [5, 5.41) is 9.45. The maximum atomic E-state index is 14.9. The molecule has 22 heavy (non-hydrogen) atoms. The number of hydrogen-bond acceptors (Lipinski definition) is 5. The Balaban J connectivity index is 2.07. The van der Waals surface area contributed by atoms with Crippen molar-refractivity contribution in [2.24, 2.45) is 0 Å². The molecule has 0 amide bonds. The Kier molecular flexibility index (Phi) is 2.70. The first-order valence-electron chi connectivity index (χ1n) is 6.99. The lowest BCUT2D eigenvalue weighted by Crippen LogP contribution is -1.97. The summed E-state index contributed by atoms with van der Waals surface area (Å²) < 4.78 is 20.5. The second-order valence-electron chi connectivity index (χ2n) is 5.40. The Morgan fingerprint density at radius 1 is 1.36 bits per heavy atom. The molecular formula is C16H11FN4O. The van der Waals surface area contributed by atoms with Crippen molar-refractivity contribution in [2.45, 2.75) is 25.7 Å². The second kappa shape index (κ2) is 4.60. The van der Waals surface area contributed by atoms with Gasteiger partial charge in [-0.2, -0.15) is 5.26 Å². The number of rotatable bonds is 2. The molecule has 1 saturated carbocycles. The molecule has 0 bridgehead atoms. The van der Waals surface area contributed by atoms with Crippen molar-refractivity contribution >= 4 is 11.1 Å². The van der Waals surface area contributed by atoms with Crippen molar-refractivity contribution in [3.63, 3.8) is 0 Å². The molecule has 3 aromatic rings. The van der Waals surface area contributed by atoms with Crippen LogP contribution in [0.3, 0.4) is 0 Å². The topological polar surface area (TPSA) is 75.6 Å². The SMILES string of the molecule is Cc1c(-c2cnccn2)c(F)c2oc(C3CC3)nc2c1C#N. The summed E-state index contributed by atoms with van der Waals surface area (Å²) >= 11 is 0. The fraction of sp³-hybridized carbons (Fsp3) is 0.250. The maximum Gasteiger partial charge on any atom is 0.198 e. The average molecular weight is 294 g/mol. The van der Waals surface area contributed by atoms with Gasteiger partial charge in [0.25, 0.3) is 0 Å². The van der Waals surface area contributed by atoms with Crippen molar-refractivity contribution in [3.05, 3.63) is 41.4 Å². The number of benzene rings is 1. The third kappa shape index (κ3) is 1.79. The quantitative estimate of drug-likeness (QED) is 0.723. The van der Waals surface area contributed by atoms with E-state index in [1.807, 2.05) is 0 Å². The average Bonchev–Trinajstić information content (AvgIpc) is 3.29. The smallest absolute Gasteiger partial charge is 0.198 e. The van der Waals surface area contributed by atoms with Crippen LogP contribution in [0.25, 0.3) is 22.4 Å². The van der Waals surface area contributed by atoms with Crippen LogP contribution in [-0.4, -0.2) is 15.0 Å². The molecule has 1 fully saturated rings. The molecule has 0 aliphatic heterocycles. The van der Waals surface area contributed by atoms with Gasteiger partial charge < -0.3 is 4.42 Å². The van der Waals surface area contributed by atoms with Crippen LogP contribution in [0.15, 0.2) is 23.0 Å². The van der Waals surface area contributed by atoms with E-state index in [1.165, 1.54) is 18.6 Å². The van der Waals surface area contributed by atoms with Crippen LogP contribution in [0.1, 0.15) is 35.8 Å². The van der Waals surface area contributed by atoms with Crippen LogP contribution in [0.4, 0.5) is 4.39 Å². The number of fused-ring (bicyclic) bond motifs is 1. The lowest BCUT2D eigenvalue weighted by atomic mass is 9.98. The highest BCUT2D eigenvalue weighted by atomic mass is 19.1. The van der Waals surface area contributed by atoms with E-state index in [0.29, 0.717) is 28.2 Å². The summed E-state index contributed by atoms with van der Waals surface area (Å²) in [6.07, 6.45) is 6.45. The lowest BCUT2D eigenvalue weighted by Gasteiger charge is -2.08. The molecule has 0 spiro atoms. The molecule has 0 saturated heterocycles. The molecule has 5 nitrogen and oxygen atoms in total. The van der Waals surface area contributed by atoms with E-state index in [0.717, 1.165) is 12.8 Å². The minimum absolute atomic E-state index is 0.0321. The predicted octanol–water partition coefficient (Wildman–Crippen LogP) is 3.48. The summed E-state index contributed by atoms with van der Waals surface area (Å²) in [7, 11) is 0. The fourth-order valence-corrected chi connectivity index (χ4v) is 2.61. The standard InChI is InChI=1S/C16H11FN4O/c1-8-10(6-18)14-15(22-16(21-14)9-2-3-9)13(17)12(8)11-7-19-4-5-20-11/h4-5,7,9H,2-3H2,1H3. The summed E-state index contributed by atoms with van der Waals surface area (Å²) in [5.74, 6) is 0.228. The Morgan fingerprint density at radius 2 is 2.18 bits per heavy atom. The monoisotopic (exact) mass is 294 g/mol. The van der Waals surface area contributed by atoms with E-state index in [1.54, 1.807) is 6.92 Å². The predicted molar refractivity (Wildman–Crippen MR) is 76.4 cm³/mol. The van der Waals surface area contributed by atoms with E-state index in [4.69, 9.17) is 4.42 Å². The highest BCUT2D eigenvalue weighted by Crippen LogP contribution is 2.42. The van der Waals surface area contributed by atoms with Gasteiger partial charge in [0, 0.05) is 23.9 Å². The molecule has 1 aromatic carbocycles. The molecule has 0 atom stereocenters. The van der Waals surface area contributed by atoms with Crippen LogP contribution in [0, 0.1) is 24.1 Å². The van der Waals surface area contributed by atoms with E-state index < -0.39 is 5.82 Å². The number of nitriles is 1. The molecule has 1 aliphatic carbocycles. The van der Waals surface area contributed by atoms with E-state index >= 15 is 0 Å². The molecule has 108 valence electrons. The third-order valence-electron chi connectivity index (χ3n) is 3.91. The maximum absolute atomic E-state index is 14.9.